The summed E-state index contributed by atoms with van der Waals surface area (Å²) in [5.41, 5.74) is 2.17. The van der Waals surface area contributed by atoms with Crippen molar-refractivity contribution in [3.05, 3.63) is 53.9 Å². The summed E-state index contributed by atoms with van der Waals surface area (Å²) in [4.78, 5) is 29.5. The molecule has 132 valence electrons. The second-order valence-electron chi connectivity index (χ2n) is 6.74. The van der Waals surface area contributed by atoms with Gasteiger partial charge in [-0.05, 0) is 44.5 Å². The van der Waals surface area contributed by atoms with E-state index in [1.807, 2.05) is 48.2 Å². The summed E-state index contributed by atoms with van der Waals surface area (Å²) >= 11 is 0. The highest BCUT2D eigenvalue weighted by Crippen LogP contribution is 2.25. The van der Waals surface area contributed by atoms with Crippen molar-refractivity contribution in [2.24, 2.45) is 0 Å². The molecule has 3 heterocycles. The second-order valence-corrected chi connectivity index (χ2v) is 6.74. The van der Waals surface area contributed by atoms with E-state index in [0.717, 1.165) is 49.6 Å². The zero-order valence-electron chi connectivity index (χ0n) is 14.9. The molecule has 1 saturated heterocycles. The summed E-state index contributed by atoms with van der Waals surface area (Å²) in [6.07, 6.45) is 7.50. The van der Waals surface area contributed by atoms with E-state index in [2.05, 4.69) is 15.0 Å². The Morgan fingerprint density at radius 1 is 1.36 bits per heavy atom. The molecular weight excluding hydrogens is 314 g/mol. The second kappa shape index (κ2) is 8.16. The number of nitrogens with zero attached hydrogens (tertiary/aromatic N) is 5. The number of pyridine rings is 1. The Morgan fingerprint density at radius 2 is 2.24 bits per heavy atom. The van der Waals surface area contributed by atoms with Gasteiger partial charge in [-0.2, -0.15) is 0 Å². The molecule has 0 N–H and O–H groups in total. The van der Waals surface area contributed by atoms with Gasteiger partial charge in [0, 0.05) is 49.8 Å². The maximum Gasteiger partial charge on any atom is 0.236 e. The van der Waals surface area contributed by atoms with Crippen LogP contribution in [0.4, 0.5) is 0 Å². The molecule has 6 heteroatoms. The molecule has 0 aromatic carbocycles. The van der Waals surface area contributed by atoms with E-state index in [1.54, 1.807) is 12.4 Å². The van der Waals surface area contributed by atoms with Crippen molar-refractivity contribution in [2.75, 3.05) is 26.7 Å². The van der Waals surface area contributed by atoms with Gasteiger partial charge in [-0.25, -0.2) is 9.97 Å². The highest BCUT2D eigenvalue weighted by molar-refractivity contribution is 5.78. The summed E-state index contributed by atoms with van der Waals surface area (Å²) in [6.45, 7) is 4.63. The zero-order chi connectivity index (χ0) is 17.6. The van der Waals surface area contributed by atoms with Gasteiger partial charge in [-0.1, -0.05) is 6.07 Å². The van der Waals surface area contributed by atoms with Gasteiger partial charge in [0.2, 0.25) is 5.91 Å². The molecule has 0 aliphatic carbocycles. The maximum absolute atomic E-state index is 12.7. The number of hydrogen-bond acceptors (Lipinski definition) is 5. The minimum absolute atomic E-state index is 0.182. The monoisotopic (exact) mass is 339 g/mol. The Balaban J connectivity index is 1.56. The number of aryl methyl sites for hydroxylation is 1. The molecule has 0 radical (unpaired) electrons. The molecule has 6 nitrogen and oxygen atoms in total. The van der Waals surface area contributed by atoms with Crippen LogP contribution in [0.15, 0.2) is 36.8 Å². The number of likely N-dealkylation sites (tertiary alicyclic amines) is 1. The van der Waals surface area contributed by atoms with E-state index in [-0.39, 0.29) is 5.91 Å². The van der Waals surface area contributed by atoms with Crippen molar-refractivity contribution >= 4 is 5.91 Å². The van der Waals surface area contributed by atoms with Crippen LogP contribution >= 0.6 is 0 Å². The molecule has 0 bridgehead atoms. The minimum Gasteiger partial charge on any atom is -0.341 e. The average molecular weight is 339 g/mol. The Labute approximate surface area is 148 Å². The van der Waals surface area contributed by atoms with Crippen LogP contribution in [0.3, 0.4) is 0 Å². The molecule has 2 aromatic rings. The van der Waals surface area contributed by atoms with E-state index in [0.29, 0.717) is 12.5 Å². The van der Waals surface area contributed by atoms with Crippen LogP contribution in [0.2, 0.25) is 0 Å². The predicted octanol–water partition coefficient (Wildman–Crippen LogP) is 2.02. The van der Waals surface area contributed by atoms with Crippen LogP contribution in [-0.4, -0.2) is 57.3 Å². The molecule has 25 heavy (non-hydrogen) atoms. The fraction of sp³-hybridized carbons (Fsp3) is 0.474. The van der Waals surface area contributed by atoms with Crippen LogP contribution in [0.5, 0.6) is 0 Å². The van der Waals surface area contributed by atoms with Gasteiger partial charge in [-0.3, -0.25) is 14.7 Å². The number of carbonyl (C=O) groups excluding carboxylic acids is 1. The van der Waals surface area contributed by atoms with Gasteiger partial charge in [0.25, 0.3) is 0 Å². The quantitative estimate of drug-likeness (QED) is 0.834. The van der Waals surface area contributed by atoms with Crippen LogP contribution in [-0.2, 0) is 11.3 Å². The Morgan fingerprint density at radius 3 is 3.00 bits per heavy atom. The van der Waals surface area contributed by atoms with Crippen molar-refractivity contribution in [2.45, 2.75) is 32.2 Å². The summed E-state index contributed by atoms with van der Waals surface area (Å²) in [6, 6.07) is 5.92. The fourth-order valence-electron chi connectivity index (χ4n) is 3.34. The van der Waals surface area contributed by atoms with Gasteiger partial charge in [0.1, 0.15) is 5.82 Å². The Kier molecular flexibility index (Phi) is 5.71. The largest absolute Gasteiger partial charge is 0.341 e. The van der Waals surface area contributed by atoms with Gasteiger partial charge in [0.05, 0.1) is 6.54 Å². The molecule has 0 saturated carbocycles. The predicted molar refractivity (Wildman–Crippen MR) is 95.9 cm³/mol. The molecule has 0 unspecified atom stereocenters. The number of rotatable bonds is 5. The molecule has 1 aliphatic heterocycles. The number of piperidine rings is 1. The molecule has 1 atom stereocenters. The Hall–Kier alpha value is -2.34. The maximum atomic E-state index is 12.7. The number of hydrogen-bond donors (Lipinski definition) is 0. The lowest BCUT2D eigenvalue weighted by Crippen LogP contribution is -2.43. The average Bonchev–Trinajstić information content (AvgIpc) is 2.62. The molecule has 1 amide bonds. The van der Waals surface area contributed by atoms with E-state index < -0.39 is 0 Å². The molecule has 0 spiro atoms. The highest BCUT2D eigenvalue weighted by Gasteiger charge is 2.26. The lowest BCUT2D eigenvalue weighted by atomic mass is 9.94. The number of amides is 1. The van der Waals surface area contributed by atoms with Crippen LogP contribution in [0, 0.1) is 6.92 Å². The van der Waals surface area contributed by atoms with E-state index in [1.165, 1.54) is 0 Å². The van der Waals surface area contributed by atoms with Crippen molar-refractivity contribution in [1.29, 1.82) is 0 Å². The first-order chi connectivity index (χ1) is 12.1. The van der Waals surface area contributed by atoms with Gasteiger partial charge >= 0.3 is 0 Å². The van der Waals surface area contributed by atoms with Crippen molar-refractivity contribution < 1.29 is 4.79 Å². The summed E-state index contributed by atoms with van der Waals surface area (Å²) < 4.78 is 0. The van der Waals surface area contributed by atoms with E-state index in [9.17, 15) is 4.79 Å². The Bertz CT molecular complexity index is 706. The fourth-order valence-corrected chi connectivity index (χ4v) is 3.34. The first-order valence-electron chi connectivity index (χ1n) is 8.76. The van der Waals surface area contributed by atoms with Crippen LogP contribution in [0.25, 0.3) is 0 Å². The third kappa shape index (κ3) is 4.82. The third-order valence-corrected chi connectivity index (χ3v) is 4.57. The lowest BCUT2D eigenvalue weighted by molar-refractivity contribution is -0.133. The van der Waals surface area contributed by atoms with Gasteiger partial charge in [-0.15, -0.1) is 0 Å². The van der Waals surface area contributed by atoms with E-state index in [4.69, 9.17) is 0 Å². The third-order valence-electron chi connectivity index (χ3n) is 4.57. The van der Waals surface area contributed by atoms with E-state index >= 15 is 0 Å². The first kappa shape index (κ1) is 17.5. The molecule has 1 aliphatic rings. The van der Waals surface area contributed by atoms with Crippen LogP contribution in [0.1, 0.15) is 35.8 Å². The molecule has 2 aromatic heterocycles. The number of carbonyl (C=O) groups is 1. The normalized spacial score (nSPS) is 17.7. The SMILES string of the molecule is Cc1nccc([C@@H]2CCCN(C(=O)CN(C)Cc3cccnc3)C2)n1. The first-order valence-corrected chi connectivity index (χ1v) is 8.76. The zero-order valence-corrected chi connectivity index (χ0v) is 14.9. The molecule has 1 fully saturated rings. The van der Waals surface area contributed by atoms with Crippen molar-refractivity contribution in [3.8, 4) is 0 Å². The summed E-state index contributed by atoms with van der Waals surface area (Å²) in [5.74, 6) is 1.28. The smallest absolute Gasteiger partial charge is 0.236 e. The summed E-state index contributed by atoms with van der Waals surface area (Å²) in [5, 5.41) is 0. The topological polar surface area (TPSA) is 62.2 Å². The molecule has 3 rings (SSSR count). The number of likely N-dealkylation sites (N-methyl/N-ethyl adjacent to an activating group) is 1. The number of aromatic nitrogens is 3. The summed E-state index contributed by atoms with van der Waals surface area (Å²) in [7, 11) is 1.97. The highest BCUT2D eigenvalue weighted by atomic mass is 16.2. The van der Waals surface area contributed by atoms with Gasteiger partial charge < -0.3 is 4.90 Å². The standard InChI is InChI=1S/C19H25N5O/c1-15-21-9-7-18(22-15)17-6-4-10-24(13-17)19(25)14-23(2)12-16-5-3-8-20-11-16/h3,5,7-9,11,17H,4,6,10,12-14H2,1-2H3/t17-/m1/s1. The van der Waals surface area contributed by atoms with Crippen LogP contribution < -0.4 is 0 Å². The van der Waals surface area contributed by atoms with Crippen molar-refractivity contribution in [3.63, 3.8) is 0 Å². The molecular formula is C19H25N5O. The minimum atomic E-state index is 0.182. The van der Waals surface area contributed by atoms with Gasteiger partial charge in [0.15, 0.2) is 0 Å². The lowest BCUT2D eigenvalue weighted by Gasteiger charge is -2.33. The van der Waals surface area contributed by atoms with Crippen molar-refractivity contribution in [1.82, 2.24) is 24.8 Å².